The van der Waals surface area contributed by atoms with Crippen molar-refractivity contribution in [1.29, 1.82) is 0 Å². The molecule has 1 aromatic rings. The highest BCUT2D eigenvalue weighted by Crippen LogP contribution is 2.37. The van der Waals surface area contributed by atoms with Gasteiger partial charge >= 0.3 is 0 Å². The van der Waals surface area contributed by atoms with Crippen molar-refractivity contribution in [1.82, 2.24) is 5.32 Å². The summed E-state index contributed by atoms with van der Waals surface area (Å²) in [6.45, 7) is 7.45. The standard InChI is InChI=1S/C13H17ClN2O2S/c1-7(17)15-12(19)16-10-6-8(13(2,3)4)5-9(14)11(10)18/h5-6,18H,1-4H3,(H2,15,16,17,19). The normalized spacial score (nSPS) is 11.0. The van der Waals surface area contributed by atoms with Gasteiger partial charge in [-0.05, 0) is 35.3 Å². The Balaban J connectivity index is 3.10. The second-order valence-electron chi connectivity index (χ2n) is 5.24. The molecule has 0 aliphatic carbocycles. The molecule has 4 nitrogen and oxygen atoms in total. The molecular weight excluding hydrogens is 284 g/mol. The second kappa shape index (κ2) is 5.75. The van der Waals surface area contributed by atoms with E-state index in [4.69, 9.17) is 23.8 Å². The average molecular weight is 301 g/mol. The number of nitrogens with one attached hydrogen (secondary N) is 2. The average Bonchev–Trinajstić information content (AvgIpc) is 2.21. The first kappa shape index (κ1) is 15.7. The lowest BCUT2D eigenvalue weighted by Gasteiger charge is -2.21. The van der Waals surface area contributed by atoms with Gasteiger partial charge in [0.05, 0.1) is 10.7 Å². The summed E-state index contributed by atoms with van der Waals surface area (Å²) in [6, 6.07) is 3.47. The van der Waals surface area contributed by atoms with Crippen LogP contribution in [0, 0.1) is 0 Å². The van der Waals surface area contributed by atoms with Crippen LogP contribution in [0.3, 0.4) is 0 Å². The summed E-state index contributed by atoms with van der Waals surface area (Å²) in [7, 11) is 0. The molecule has 0 aromatic heterocycles. The third-order valence-electron chi connectivity index (χ3n) is 2.47. The van der Waals surface area contributed by atoms with E-state index >= 15 is 0 Å². The number of carbonyl (C=O) groups excluding carboxylic acids is 1. The van der Waals surface area contributed by atoms with Crippen LogP contribution < -0.4 is 10.6 Å². The number of aromatic hydroxyl groups is 1. The molecule has 0 heterocycles. The van der Waals surface area contributed by atoms with E-state index in [1.54, 1.807) is 12.1 Å². The molecule has 1 amide bonds. The van der Waals surface area contributed by atoms with Gasteiger partial charge < -0.3 is 15.7 Å². The largest absolute Gasteiger partial charge is 0.504 e. The maximum absolute atomic E-state index is 10.9. The van der Waals surface area contributed by atoms with E-state index in [0.29, 0.717) is 5.69 Å². The van der Waals surface area contributed by atoms with Gasteiger partial charge in [-0.2, -0.15) is 0 Å². The van der Waals surface area contributed by atoms with E-state index in [2.05, 4.69) is 10.6 Å². The van der Waals surface area contributed by atoms with Crippen molar-refractivity contribution >= 4 is 40.5 Å². The molecule has 0 saturated carbocycles. The Morgan fingerprint density at radius 2 is 1.95 bits per heavy atom. The number of halogens is 1. The van der Waals surface area contributed by atoms with Gasteiger partial charge in [-0.25, -0.2) is 0 Å². The minimum absolute atomic E-state index is 0.0950. The molecule has 0 bridgehead atoms. The molecule has 0 spiro atoms. The summed E-state index contributed by atoms with van der Waals surface area (Å²) in [5, 5.41) is 15.4. The molecule has 3 N–H and O–H groups in total. The molecule has 0 radical (unpaired) electrons. The molecule has 19 heavy (non-hydrogen) atoms. The lowest BCUT2D eigenvalue weighted by Crippen LogP contribution is -2.32. The van der Waals surface area contributed by atoms with Gasteiger partial charge in [-0.15, -0.1) is 0 Å². The van der Waals surface area contributed by atoms with Crippen molar-refractivity contribution in [3.8, 4) is 5.75 Å². The maximum Gasteiger partial charge on any atom is 0.222 e. The Morgan fingerprint density at radius 3 is 2.42 bits per heavy atom. The number of hydrogen-bond acceptors (Lipinski definition) is 3. The van der Waals surface area contributed by atoms with Crippen molar-refractivity contribution < 1.29 is 9.90 Å². The topological polar surface area (TPSA) is 61.4 Å². The molecule has 0 fully saturated rings. The first-order valence-electron chi connectivity index (χ1n) is 5.73. The van der Waals surface area contributed by atoms with Crippen LogP contribution in [-0.4, -0.2) is 16.1 Å². The number of amides is 1. The lowest BCUT2D eigenvalue weighted by molar-refractivity contribution is -0.117. The minimum Gasteiger partial charge on any atom is -0.504 e. The number of carbonyl (C=O) groups is 1. The fourth-order valence-electron chi connectivity index (χ4n) is 1.44. The predicted octanol–water partition coefficient (Wildman–Crippen LogP) is 3.18. The highest BCUT2D eigenvalue weighted by Gasteiger charge is 2.18. The summed E-state index contributed by atoms with van der Waals surface area (Å²) in [4.78, 5) is 10.9. The van der Waals surface area contributed by atoms with Gasteiger partial charge in [-0.1, -0.05) is 32.4 Å². The third kappa shape index (κ3) is 4.36. The summed E-state index contributed by atoms with van der Waals surface area (Å²) in [6.07, 6.45) is 0. The minimum atomic E-state index is -0.282. The van der Waals surface area contributed by atoms with E-state index in [0.717, 1.165) is 5.56 Å². The first-order chi connectivity index (χ1) is 8.61. The number of hydrogen-bond donors (Lipinski definition) is 3. The van der Waals surface area contributed by atoms with Crippen LogP contribution in [0.5, 0.6) is 5.75 Å². The summed E-state index contributed by atoms with van der Waals surface area (Å²) < 4.78 is 0. The van der Waals surface area contributed by atoms with E-state index in [1.807, 2.05) is 20.8 Å². The molecule has 0 unspecified atom stereocenters. The number of benzene rings is 1. The number of phenols is 1. The fourth-order valence-corrected chi connectivity index (χ4v) is 1.91. The molecule has 0 saturated heterocycles. The van der Waals surface area contributed by atoms with E-state index in [9.17, 15) is 9.90 Å². The van der Waals surface area contributed by atoms with Crippen LogP contribution >= 0.6 is 23.8 Å². The van der Waals surface area contributed by atoms with Gasteiger partial charge in [-0.3, -0.25) is 4.79 Å². The van der Waals surface area contributed by atoms with E-state index < -0.39 is 0 Å². The van der Waals surface area contributed by atoms with E-state index in [1.165, 1.54) is 6.92 Å². The van der Waals surface area contributed by atoms with Crippen molar-refractivity contribution in [2.24, 2.45) is 0 Å². The molecule has 0 atom stereocenters. The Bertz CT molecular complexity index is 524. The maximum atomic E-state index is 10.9. The number of anilines is 1. The smallest absolute Gasteiger partial charge is 0.222 e. The lowest BCUT2D eigenvalue weighted by atomic mass is 9.87. The van der Waals surface area contributed by atoms with Crippen LogP contribution in [0.1, 0.15) is 33.3 Å². The summed E-state index contributed by atoms with van der Waals surface area (Å²) >= 11 is 10.9. The van der Waals surface area contributed by atoms with Crippen LogP contribution in [0.25, 0.3) is 0 Å². The highest BCUT2D eigenvalue weighted by atomic mass is 35.5. The van der Waals surface area contributed by atoms with Crippen molar-refractivity contribution in [3.63, 3.8) is 0 Å². The van der Waals surface area contributed by atoms with Crippen molar-refractivity contribution in [2.75, 3.05) is 5.32 Å². The number of thiocarbonyl (C=S) groups is 1. The van der Waals surface area contributed by atoms with Crippen LogP contribution in [0.15, 0.2) is 12.1 Å². The first-order valence-corrected chi connectivity index (χ1v) is 6.51. The van der Waals surface area contributed by atoms with Gasteiger partial charge in [0.1, 0.15) is 0 Å². The number of phenolic OH excluding ortho intramolecular Hbond substituents is 1. The van der Waals surface area contributed by atoms with Gasteiger partial charge in [0, 0.05) is 6.92 Å². The predicted molar refractivity (Wildman–Crippen MR) is 81.9 cm³/mol. The summed E-state index contributed by atoms with van der Waals surface area (Å²) in [5.41, 5.74) is 1.20. The zero-order valence-corrected chi connectivity index (χ0v) is 12.9. The molecule has 6 heteroatoms. The van der Waals surface area contributed by atoms with Crippen molar-refractivity contribution in [3.05, 3.63) is 22.7 Å². The van der Waals surface area contributed by atoms with Crippen LogP contribution in [0.2, 0.25) is 5.02 Å². The summed E-state index contributed by atoms with van der Waals surface area (Å²) in [5.74, 6) is -0.377. The molecule has 104 valence electrons. The zero-order valence-electron chi connectivity index (χ0n) is 11.3. The number of rotatable bonds is 1. The highest BCUT2D eigenvalue weighted by molar-refractivity contribution is 7.80. The monoisotopic (exact) mass is 300 g/mol. The Morgan fingerprint density at radius 1 is 1.37 bits per heavy atom. The van der Waals surface area contributed by atoms with Crippen LogP contribution in [0.4, 0.5) is 5.69 Å². The third-order valence-corrected chi connectivity index (χ3v) is 2.96. The molecule has 0 aliphatic rings. The quantitative estimate of drug-likeness (QED) is 0.551. The van der Waals surface area contributed by atoms with Gasteiger partial charge in [0.25, 0.3) is 0 Å². The van der Waals surface area contributed by atoms with E-state index in [-0.39, 0.29) is 27.2 Å². The molecular formula is C13H17ClN2O2S. The molecule has 0 aliphatic heterocycles. The Labute approximate surface area is 123 Å². The molecule has 1 rings (SSSR count). The SMILES string of the molecule is CC(=O)NC(=S)Nc1cc(C(C)(C)C)cc(Cl)c1O. The van der Waals surface area contributed by atoms with Gasteiger partial charge in [0.15, 0.2) is 10.9 Å². The molecule has 1 aromatic carbocycles. The van der Waals surface area contributed by atoms with Gasteiger partial charge in [0.2, 0.25) is 5.91 Å². The Kier molecular flexibility index (Phi) is 4.76. The Hall–Kier alpha value is -1.33. The van der Waals surface area contributed by atoms with Crippen molar-refractivity contribution in [2.45, 2.75) is 33.1 Å². The zero-order chi connectivity index (χ0) is 14.8. The second-order valence-corrected chi connectivity index (χ2v) is 6.05. The van der Waals surface area contributed by atoms with Crippen LogP contribution in [-0.2, 0) is 10.2 Å². The fraction of sp³-hybridized carbons (Fsp3) is 0.385.